The van der Waals surface area contributed by atoms with Gasteiger partial charge in [0.25, 0.3) is 0 Å². The molecular formula is C34H35NO4. The number of ether oxygens (including phenoxy) is 2. The summed E-state index contributed by atoms with van der Waals surface area (Å²) in [5, 5.41) is 3.41. The zero-order chi connectivity index (χ0) is 27.4. The average molecular weight is 522 g/mol. The number of benzene rings is 3. The molecule has 1 aliphatic heterocycles. The first-order valence-corrected chi connectivity index (χ1v) is 13.5. The molecule has 0 saturated heterocycles. The van der Waals surface area contributed by atoms with Crippen LogP contribution < -0.4 is 10.1 Å². The van der Waals surface area contributed by atoms with E-state index in [0.717, 1.165) is 40.3 Å². The first-order valence-electron chi connectivity index (χ1n) is 13.5. The highest BCUT2D eigenvalue weighted by Crippen LogP contribution is 2.47. The quantitative estimate of drug-likeness (QED) is 0.336. The number of dihydropyridines is 1. The number of carbonyl (C=O) groups is 2. The number of nitrogens with one attached hydrogen (secondary N) is 1. The van der Waals surface area contributed by atoms with Gasteiger partial charge in [0.15, 0.2) is 5.78 Å². The lowest BCUT2D eigenvalue weighted by atomic mass is 9.68. The van der Waals surface area contributed by atoms with Crippen molar-refractivity contribution in [2.45, 2.75) is 52.6 Å². The molecular weight excluding hydrogens is 486 g/mol. The molecule has 200 valence electrons. The van der Waals surface area contributed by atoms with Crippen LogP contribution in [0.4, 0.5) is 0 Å². The maximum absolute atomic E-state index is 13.5. The molecule has 0 unspecified atom stereocenters. The maximum Gasteiger partial charge on any atom is 0.336 e. The first-order chi connectivity index (χ1) is 18.8. The highest BCUT2D eigenvalue weighted by Gasteiger charge is 2.43. The van der Waals surface area contributed by atoms with E-state index in [0.29, 0.717) is 30.6 Å². The zero-order valence-electron chi connectivity index (χ0n) is 22.8. The molecule has 39 heavy (non-hydrogen) atoms. The molecule has 0 bridgehead atoms. The lowest BCUT2D eigenvalue weighted by Gasteiger charge is -2.39. The van der Waals surface area contributed by atoms with Gasteiger partial charge in [-0.3, -0.25) is 4.79 Å². The topological polar surface area (TPSA) is 64.6 Å². The molecule has 0 saturated carbocycles. The molecule has 5 rings (SSSR count). The van der Waals surface area contributed by atoms with Gasteiger partial charge in [-0.05, 0) is 47.6 Å². The Morgan fingerprint density at radius 2 is 1.54 bits per heavy atom. The van der Waals surface area contributed by atoms with Crippen LogP contribution >= 0.6 is 0 Å². The molecule has 1 N–H and O–H groups in total. The summed E-state index contributed by atoms with van der Waals surface area (Å²) < 4.78 is 11.8. The van der Waals surface area contributed by atoms with Crippen LogP contribution in [0.3, 0.4) is 0 Å². The van der Waals surface area contributed by atoms with E-state index in [1.165, 1.54) is 0 Å². The fraction of sp³-hybridized carbons (Fsp3) is 0.294. The second-order valence-electron chi connectivity index (χ2n) is 11.1. The molecule has 3 aromatic carbocycles. The summed E-state index contributed by atoms with van der Waals surface area (Å²) in [5.41, 5.74) is 5.73. The van der Waals surface area contributed by atoms with E-state index < -0.39 is 11.9 Å². The SMILES string of the molecule is CC1=C(C(=O)OCCc2ccccc2)[C@H](c2ccc(OCc3ccccc3)cc2)C2=C(CC(C)(C)CC2=O)N1. The van der Waals surface area contributed by atoms with Crippen LogP contribution in [0, 0.1) is 5.41 Å². The van der Waals surface area contributed by atoms with Crippen molar-refractivity contribution in [1.82, 2.24) is 5.32 Å². The fourth-order valence-electron chi connectivity index (χ4n) is 5.52. The van der Waals surface area contributed by atoms with Gasteiger partial charge < -0.3 is 14.8 Å². The number of Topliss-reactive ketones (excluding diaryl/α,β-unsaturated/α-hetero) is 1. The summed E-state index contributed by atoms with van der Waals surface area (Å²) in [5.74, 6) is -0.0773. The van der Waals surface area contributed by atoms with Gasteiger partial charge in [-0.25, -0.2) is 4.79 Å². The molecule has 2 aliphatic rings. The van der Waals surface area contributed by atoms with Crippen molar-refractivity contribution in [2.75, 3.05) is 6.61 Å². The second-order valence-corrected chi connectivity index (χ2v) is 11.1. The molecule has 1 aliphatic carbocycles. The van der Waals surface area contributed by atoms with E-state index in [1.807, 2.05) is 91.9 Å². The smallest absolute Gasteiger partial charge is 0.336 e. The average Bonchev–Trinajstić information content (AvgIpc) is 2.92. The third-order valence-corrected chi connectivity index (χ3v) is 7.39. The zero-order valence-corrected chi connectivity index (χ0v) is 22.8. The van der Waals surface area contributed by atoms with Crippen LogP contribution in [0.1, 0.15) is 56.2 Å². The Morgan fingerprint density at radius 3 is 2.21 bits per heavy atom. The molecule has 1 atom stereocenters. The van der Waals surface area contributed by atoms with Gasteiger partial charge in [0.1, 0.15) is 12.4 Å². The second kappa shape index (κ2) is 11.3. The minimum Gasteiger partial charge on any atom is -0.489 e. The molecule has 0 aromatic heterocycles. The van der Waals surface area contributed by atoms with Crippen molar-refractivity contribution in [1.29, 1.82) is 0 Å². The summed E-state index contributed by atoms with van der Waals surface area (Å²) in [6, 6.07) is 27.7. The Kier molecular flexibility index (Phi) is 7.69. The van der Waals surface area contributed by atoms with Gasteiger partial charge >= 0.3 is 5.97 Å². The number of esters is 1. The largest absolute Gasteiger partial charge is 0.489 e. The van der Waals surface area contributed by atoms with Crippen molar-refractivity contribution >= 4 is 11.8 Å². The number of hydrogen-bond donors (Lipinski definition) is 1. The lowest BCUT2D eigenvalue weighted by molar-refractivity contribution is -0.139. The standard InChI is InChI=1S/C34H35NO4/c1-23-30(33(37)38-19-18-24-10-6-4-7-11-24)31(32-28(35-23)20-34(2,3)21-29(32)36)26-14-16-27(17-15-26)39-22-25-12-8-5-9-13-25/h4-17,31,35H,18-22H2,1-3H3/t31-/m0/s1. The molecule has 0 radical (unpaired) electrons. The van der Waals surface area contributed by atoms with E-state index >= 15 is 0 Å². The van der Waals surface area contributed by atoms with E-state index in [4.69, 9.17) is 9.47 Å². The Balaban J connectivity index is 1.41. The van der Waals surface area contributed by atoms with Gasteiger partial charge in [0.2, 0.25) is 0 Å². The van der Waals surface area contributed by atoms with Crippen LogP contribution in [0.25, 0.3) is 0 Å². The van der Waals surface area contributed by atoms with Gasteiger partial charge in [-0.2, -0.15) is 0 Å². The van der Waals surface area contributed by atoms with E-state index in [-0.39, 0.29) is 17.8 Å². The van der Waals surface area contributed by atoms with Crippen LogP contribution in [-0.2, 0) is 27.4 Å². The van der Waals surface area contributed by atoms with Crippen LogP contribution in [0.5, 0.6) is 5.75 Å². The number of carbonyl (C=O) groups excluding carboxylic acids is 2. The molecule has 0 spiro atoms. The van der Waals surface area contributed by atoms with Crippen molar-refractivity contribution in [3.05, 3.63) is 124 Å². The third kappa shape index (κ3) is 6.14. The number of ketones is 1. The van der Waals surface area contributed by atoms with Gasteiger partial charge in [0, 0.05) is 35.7 Å². The highest BCUT2D eigenvalue weighted by atomic mass is 16.5. The Morgan fingerprint density at radius 1 is 0.897 bits per heavy atom. The number of hydrogen-bond acceptors (Lipinski definition) is 5. The van der Waals surface area contributed by atoms with Crippen LogP contribution in [-0.4, -0.2) is 18.4 Å². The Bertz CT molecular complexity index is 1400. The molecule has 3 aromatic rings. The van der Waals surface area contributed by atoms with Crippen LogP contribution in [0.15, 0.2) is 107 Å². The summed E-state index contributed by atoms with van der Waals surface area (Å²) in [6.45, 7) is 6.85. The van der Waals surface area contributed by atoms with Gasteiger partial charge in [-0.15, -0.1) is 0 Å². The summed E-state index contributed by atoms with van der Waals surface area (Å²) in [7, 11) is 0. The predicted molar refractivity (Wildman–Crippen MR) is 152 cm³/mol. The molecule has 1 heterocycles. The fourth-order valence-corrected chi connectivity index (χ4v) is 5.52. The Labute approximate surface area is 230 Å². The summed E-state index contributed by atoms with van der Waals surface area (Å²) in [6.07, 6.45) is 1.82. The molecule has 0 amide bonds. The maximum atomic E-state index is 13.5. The molecule has 0 fully saturated rings. The monoisotopic (exact) mass is 521 g/mol. The van der Waals surface area contributed by atoms with E-state index in [9.17, 15) is 9.59 Å². The minimum absolute atomic E-state index is 0.0743. The summed E-state index contributed by atoms with van der Waals surface area (Å²) >= 11 is 0. The van der Waals surface area contributed by atoms with Crippen molar-refractivity contribution in [2.24, 2.45) is 5.41 Å². The van der Waals surface area contributed by atoms with E-state index in [1.54, 1.807) is 0 Å². The highest BCUT2D eigenvalue weighted by molar-refractivity contribution is 6.04. The first kappa shape index (κ1) is 26.5. The Hall–Kier alpha value is -4.12. The molecule has 5 nitrogen and oxygen atoms in total. The minimum atomic E-state index is -0.489. The van der Waals surface area contributed by atoms with Crippen molar-refractivity contribution in [3.8, 4) is 5.75 Å². The third-order valence-electron chi connectivity index (χ3n) is 7.39. The predicted octanol–water partition coefficient (Wildman–Crippen LogP) is 6.66. The number of rotatable bonds is 8. The number of allylic oxidation sites excluding steroid dienone is 3. The summed E-state index contributed by atoms with van der Waals surface area (Å²) in [4.78, 5) is 27.1. The van der Waals surface area contributed by atoms with Crippen molar-refractivity contribution < 1.29 is 19.1 Å². The van der Waals surface area contributed by atoms with Crippen molar-refractivity contribution in [3.63, 3.8) is 0 Å². The normalized spacial score (nSPS) is 18.3. The van der Waals surface area contributed by atoms with Gasteiger partial charge in [-0.1, -0.05) is 86.6 Å². The molecule has 5 heteroatoms. The van der Waals surface area contributed by atoms with E-state index in [2.05, 4.69) is 19.2 Å². The van der Waals surface area contributed by atoms with Gasteiger partial charge in [0.05, 0.1) is 12.2 Å². The van der Waals surface area contributed by atoms with Crippen LogP contribution in [0.2, 0.25) is 0 Å². The lowest BCUT2D eigenvalue weighted by Crippen LogP contribution is -2.38.